The third kappa shape index (κ3) is 8.83. The van der Waals surface area contributed by atoms with Crippen LogP contribution in [0.1, 0.15) is 119 Å². The summed E-state index contributed by atoms with van der Waals surface area (Å²) in [7, 11) is 0. The van der Waals surface area contributed by atoms with Crippen molar-refractivity contribution in [2.45, 2.75) is 110 Å². The third-order valence-electron chi connectivity index (χ3n) is 11.2. The number of hydrogen-bond acceptors (Lipinski definition) is 6. The van der Waals surface area contributed by atoms with Crippen molar-refractivity contribution in [3.63, 3.8) is 0 Å². The number of benzene rings is 2. The van der Waals surface area contributed by atoms with Crippen LogP contribution < -0.4 is 10.9 Å². The van der Waals surface area contributed by atoms with Crippen molar-refractivity contribution in [3.8, 4) is 5.69 Å². The number of ether oxygens (including phenoxy) is 1. The van der Waals surface area contributed by atoms with Gasteiger partial charge in [0.2, 0.25) is 5.92 Å². The lowest BCUT2D eigenvalue weighted by atomic mass is 9.84. The van der Waals surface area contributed by atoms with Crippen LogP contribution in [0.25, 0.3) is 16.7 Å². The molecule has 290 valence electrons. The molecule has 1 atom stereocenters. The zero-order valence-corrected chi connectivity index (χ0v) is 32.3. The number of alkyl halides is 2. The molecule has 1 aliphatic heterocycles. The molecule has 2 N–H and O–H groups in total. The number of anilines is 1. The Labute approximate surface area is 319 Å². The van der Waals surface area contributed by atoms with E-state index in [9.17, 15) is 17.6 Å². The first-order valence-corrected chi connectivity index (χ1v) is 19.6. The number of nitrogens with zero attached hydrogens (tertiary/aromatic N) is 3. The minimum absolute atomic E-state index is 0.154. The van der Waals surface area contributed by atoms with Gasteiger partial charge in [-0.15, -0.1) is 0 Å². The summed E-state index contributed by atoms with van der Waals surface area (Å²) in [5, 5.41) is 13.0. The van der Waals surface area contributed by atoms with Gasteiger partial charge in [-0.2, -0.15) is 0 Å². The molecule has 1 saturated carbocycles. The number of rotatable bonds is 13. The Kier molecular flexibility index (Phi) is 12.5. The average Bonchev–Trinajstić information content (AvgIpc) is 3.11. The van der Waals surface area contributed by atoms with E-state index in [1.807, 2.05) is 33.8 Å². The van der Waals surface area contributed by atoms with Gasteiger partial charge < -0.3 is 15.5 Å². The molecule has 0 spiro atoms. The van der Waals surface area contributed by atoms with Crippen LogP contribution in [0, 0.1) is 35.8 Å². The lowest BCUT2D eigenvalue weighted by molar-refractivity contribution is -0.0384. The molecular weight excluding hydrogens is 718 g/mol. The van der Waals surface area contributed by atoms with Gasteiger partial charge in [-0.05, 0) is 105 Å². The van der Waals surface area contributed by atoms with Crippen LogP contribution in [0.5, 0.6) is 0 Å². The standard InChI is InChI=1S/C42H50ClF4N5O2/c1-5-6-33(48)37-25(4)36(8-7-32(37)43)52-40(31(24(2)3)21-27-19-29(44)22-30(45)20-27)51-39-38(41(52)53)35(49-16-11-26-12-17-54-18-13-26)23-34(50-39)28-9-14-42(46,47)15-10-28/h7-8,19-20,22-24,26,28,31,48H,5-6,9-18,21H2,1-4H3,(H,49,50). The van der Waals surface area contributed by atoms with E-state index in [4.69, 9.17) is 31.7 Å². The molecule has 1 aliphatic carbocycles. The Morgan fingerprint density at radius 3 is 2.39 bits per heavy atom. The van der Waals surface area contributed by atoms with E-state index in [0.29, 0.717) is 82.4 Å². The fourth-order valence-electron chi connectivity index (χ4n) is 8.09. The lowest BCUT2D eigenvalue weighted by Gasteiger charge is -2.29. The highest BCUT2D eigenvalue weighted by atomic mass is 35.5. The van der Waals surface area contributed by atoms with Crippen molar-refractivity contribution in [1.82, 2.24) is 14.5 Å². The normalized spacial score (nSPS) is 17.3. The Bertz CT molecular complexity index is 2030. The first-order chi connectivity index (χ1) is 25.8. The van der Waals surface area contributed by atoms with Gasteiger partial charge in [0.25, 0.3) is 5.56 Å². The fourth-order valence-corrected chi connectivity index (χ4v) is 8.41. The van der Waals surface area contributed by atoms with Crippen molar-refractivity contribution in [2.75, 3.05) is 25.1 Å². The van der Waals surface area contributed by atoms with Crippen molar-refractivity contribution in [1.29, 1.82) is 5.41 Å². The summed E-state index contributed by atoms with van der Waals surface area (Å²) in [5.74, 6) is -4.22. The molecule has 7 nitrogen and oxygen atoms in total. The summed E-state index contributed by atoms with van der Waals surface area (Å²) in [6.07, 6.45) is 4.19. The molecular formula is C42H50ClF4N5O2. The highest BCUT2D eigenvalue weighted by Crippen LogP contribution is 2.42. The second kappa shape index (κ2) is 16.9. The van der Waals surface area contributed by atoms with Crippen molar-refractivity contribution in [2.24, 2.45) is 11.8 Å². The maximum absolute atomic E-state index is 15.3. The number of pyridine rings is 1. The van der Waals surface area contributed by atoms with Crippen molar-refractivity contribution < 1.29 is 22.3 Å². The average molecular weight is 768 g/mol. The van der Waals surface area contributed by atoms with Crippen LogP contribution in [-0.2, 0) is 11.2 Å². The van der Waals surface area contributed by atoms with E-state index in [-0.39, 0.29) is 55.0 Å². The van der Waals surface area contributed by atoms with Gasteiger partial charge in [-0.3, -0.25) is 9.36 Å². The Morgan fingerprint density at radius 1 is 1.06 bits per heavy atom. The van der Waals surface area contributed by atoms with Gasteiger partial charge in [-0.1, -0.05) is 38.8 Å². The zero-order chi connectivity index (χ0) is 38.7. The largest absolute Gasteiger partial charge is 0.384 e. The van der Waals surface area contributed by atoms with Crippen LogP contribution in [0.3, 0.4) is 0 Å². The fraction of sp³-hybridized carbons (Fsp3) is 0.524. The van der Waals surface area contributed by atoms with Gasteiger partial charge in [0.05, 0.1) is 16.4 Å². The third-order valence-corrected chi connectivity index (χ3v) is 11.5. The molecule has 1 saturated heterocycles. The molecule has 6 rings (SSSR count). The molecule has 4 aromatic rings. The van der Waals surface area contributed by atoms with Crippen LogP contribution in [0.15, 0.2) is 41.2 Å². The van der Waals surface area contributed by atoms with E-state index >= 15 is 4.79 Å². The maximum Gasteiger partial charge on any atom is 0.269 e. The summed E-state index contributed by atoms with van der Waals surface area (Å²) in [5.41, 5.74) is 3.36. The number of nitrogens with one attached hydrogen (secondary N) is 2. The van der Waals surface area contributed by atoms with E-state index in [0.717, 1.165) is 31.7 Å². The van der Waals surface area contributed by atoms with Crippen molar-refractivity contribution >= 4 is 34.0 Å². The number of fused-ring (bicyclic) bond motifs is 1. The predicted octanol–water partition coefficient (Wildman–Crippen LogP) is 10.7. The first-order valence-electron chi connectivity index (χ1n) is 19.3. The quantitative estimate of drug-likeness (QED) is 0.104. The second-order valence-corrected chi connectivity index (χ2v) is 15.8. The maximum atomic E-state index is 15.3. The summed E-state index contributed by atoms with van der Waals surface area (Å²) in [6.45, 7) is 9.76. The summed E-state index contributed by atoms with van der Waals surface area (Å²) in [6, 6.07) is 8.67. The molecule has 0 amide bonds. The topological polar surface area (TPSA) is 92.9 Å². The zero-order valence-electron chi connectivity index (χ0n) is 31.5. The van der Waals surface area contributed by atoms with Gasteiger partial charge in [-0.25, -0.2) is 27.5 Å². The van der Waals surface area contributed by atoms with Gasteiger partial charge in [0.15, 0.2) is 5.65 Å². The van der Waals surface area contributed by atoms with Crippen LogP contribution >= 0.6 is 11.6 Å². The highest BCUT2D eigenvalue weighted by Gasteiger charge is 2.36. The highest BCUT2D eigenvalue weighted by molar-refractivity contribution is 6.34. The molecule has 0 bridgehead atoms. The number of halogens is 5. The Hall–Kier alpha value is -3.83. The minimum atomic E-state index is -2.72. The Morgan fingerprint density at radius 2 is 1.74 bits per heavy atom. The molecule has 12 heteroatoms. The molecule has 2 aromatic heterocycles. The summed E-state index contributed by atoms with van der Waals surface area (Å²) >= 11 is 6.71. The number of aromatic nitrogens is 3. The Balaban J connectivity index is 1.58. The van der Waals surface area contributed by atoms with Crippen LogP contribution in [-0.4, -0.2) is 45.9 Å². The molecule has 3 heterocycles. The van der Waals surface area contributed by atoms with E-state index in [1.54, 1.807) is 16.7 Å². The molecule has 54 heavy (non-hydrogen) atoms. The predicted molar refractivity (Wildman–Crippen MR) is 207 cm³/mol. The van der Waals surface area contributed by atoms with Crippen LogP contribution in [0.2, 0.25) is 5.02 Å². The van der Waals surface area contributed by atoms with Gasteiger partial charge in [0, 0.05) is 67.5 Å². The first kappa shape index (κ1) is 39.9. The van der Waals surface area contributed by atoms with E-state index in [2.05, 4.69) is 5.32 Å². The van der Waals surface area contributed by atoms with E-state index in [1.165, 1.54) is 12.1 Å². The SMILES string of the molecule is CCCC(=N)c1c(Cl)ccc(-n2c(C(Cc3cc(F)cc(F)c3)C(C)C)nc3nc(C4CCC(F)(F)CC4)cc(NCCC4CCOCC4)c3c2=O)c1C. The molecule has 2 aromatic carbocycles. The van der Waals surface area contributed by atoms with Crippen molar-refractivity contribution in [3.05, 3.63) is 91.6 Å². The van der Waals surface area contributed by atoms with Gasteiger partial charge in [0.1, 0.15) is 22.8 Å². The molecule has 1 unspecified atom stereocenters. The molecule has 2 aliphatic rings. The molecule has 0 radical (unpaired) electrons. The van der Waals surface area contributed by atoms with E-state index < -0.39 is 29.0 Å². The lowest BCUT2D eigenvalue weighted by Crippen LogP contribution is -2.30. The molecule has 2 fully saturated rings. The minimum Gasteiger partial charge on any atom is -0.384 e. The van der Waals surface area contributed by atoms with Crippen LogP contribution in [0.4, 0.5) is 23.2 Å². The van der Waals surface area contributed by atoms with Gasteiger partial charge >= 0.3 is 0 Å². The number of hydrogen-bond donors (Lipinski definition) is 2. The summed E-state index contributed by atoms with van der Waals surface area (Å²) in [4.78, 5) is 25.4. The monoisotopic (exact) mass is 767 g/mol. The smallest absolute Gasteiger partial charge is 0.269 e. The summed E-state index contributed by atoms with van der Waals surface area (Å²) < 4.78 is 64.7. The second-order valence-electron chi connectivity index (χ2n) is 15.4.